The van der Waals surface area contributed by atoms with Gasteiger partial charge in [0.25, 0.3) is 0 Å². The van der Waals surface area contributed by atoms with Gasteiger partial charge in [0.15, 0.2) is 0 Å². The predicted molar refractivity (Wildman–Crippen MR) is 76.6 cm³/mol. The van der Waals surface area contributed by atoms with Gasteiger partial charge in [-0.3, -0.25) is 0 Å². The van der Waals surface area contributed by atoms with Crippen molar-refractivity contribution in [1.29, 1.82) is 0 Å². The fourth-order valence-corrected chi connectivity index (χ4v) is 3.41. The van der Waals surface area contributed by atoms with Crippen molar-refractivity contribution >= 4 is 33.3 Å². The van der Waals surface area contributed by atoms with E-state index in [2.05, 4.69) is 14.9 Å². The summed E-state index contributed by atoms with van der Waals surface area (Å²) in [6, 6.07) is 0.396. The molecule has 0 saturated heterocycles. The molecule has 2 aromatic rings. The summed E-state index contributed by atoms with van der Waals surface area (Å²) in [5.41, 5.74) is 0.705. The molecule has 20 heavy (non-hydrogen) atoms. The molecule has 2 aromatic heterocycles. The molecule has 7 heteroatoms. The number of aliphatic hydroxyl groups excluding tert-OH is 1. The lowest BCUT2D eigenvalue weighted by Crippen LogP contribution is -2.30. The molecule has 3 rings (SSSR count). The molecule has 0 bridgehead atoms. The average molecular weight is 293 g/mol. The number of aryl methyl sites for hydroxylation is 1. The fraction of sp³-hybridized carbons (Fsp3) is 0.462. The molecule has 6 nitrogen and oxygen atoms in total. The summed E-state index contributed by atoms with van der Waals surface area (Å²) >= 11 is 1.17. The van der Waals surface area contributed by atoms with E-state index in [-0.39, 0.29) is 6.61 Å². The number of aliphatic hydroxyl groups is 1. The topological polar surface area (TPSA) is 86.5 Å². The Bertz CT molecular complexity index is 666. The largest absolute Gasteiger partial charge is 0.477 e. The Hall–Kier alpha value is -1.73. The van der Waals surface area contributed by atoms with Gasteiger partial charge in [-0.1, -0.05) is 0 Å². The van der Waals surface area contributed by atoms with Crippen LogP contribution in [0.25, 0.3) is 10.2 Å². The zero-order valence-electron chi connectivity index (χ0n) is 11.0. The lowest BCUT2D eigenvalue weighted by atomic mass is 10.2. The van der Waals surface area contributed by atoms with E-state index in [1.165, 1.54) is 17.7 Å². The Morgan fingerprint density at radius 2 is 2.25 bits per heavy atom. The molecule has 0 unspecified atom stereocenters. The van der Waals surface area contributed by atoms with E-state index < -0.39 is 5.97 Å². The highest BCUT2D eigenvalue weighted by atomic mass is 32.1. The molecular formula is C13H15N3O3S. The van der Waals surface area contributed by atoms with Crippen LogP contribution in [0.3, 0.4) is 0 Å². The zero-order valence-corrected chi connectivity index (χ0v) is 11.9. The minimum Gasteiger partial charge on any atom is -0.477 e. The highest BCUT2D eigenvalue weighted by Crippen LogP contribution is 2.38. The van der Waals surface area contributed by atoms with Crippen molar-refractivity contribution < 1.29 is 15.0 Å². The van der Waals surface area contributed by atoms with Gasteiger partial charge in [-0.05, 0) is 25.3 Å². The fourth-order valence-electron chi connectivity index (χ4n) is 2.43. The van der Waals surface area contributed by atoms with Crippen LogP contribution in [0.15, 0.2) is 6.33 Å². The summed E-state index contributed by atoms with van der Waals surface area (Å²) in [6.07, 6.45) is 3.63. The first-order chi connectivity index (χ1) is 9.63. The smallest absolute Gasteiger partial charge is 0.346 e. The van der Waals surface area contributed by atoms with E-state index >= 15 is 0 Å². The lowest BCUT2D eigenvalue weighted by Gasteiger charge is -2.23. The van der Waals surface area contributed by atoms with Crippen LogP contribution in [0.5, 0.6) is 0 Å². The van der Waals surface area contributed by atoms with Gasteiger partial charge in [-0.25, -0.2) is 14.8 Å². The number of anilines is 1. The van der Waals surface area contributed by atoms with Gasteiger partial charge < -0.3 is 15.1 Å². The first-order valence-corrected chi connectivity index (χ1v) is 7.30. The number of carbonyl (C=O) groups is 1. The number of nitrogens with zero attached hydrogens (tertiary/aromatic N) is 3. The number of carboxylic acids is 1. The van der Waals surface area contributed by atoms with Crippen molar-refractivity contribution in [2.24, 2.45) is 0 Å². The SMILES string of the molecule is Cc1c(C(=O)O)sc2ncnc(N(CCO)C3CC3)c12. The number of rotatable bonds is 5. The third kappa shape index (κ3) is 2.12. The molecule has 1 aliphatic carbocycles. The van der Waals surface area contributed by atoms with Gasteiger partial charge in [0.05, 0.1) is 12.0 Å². The van der Waals surface area contributed by atoms with Crippen molar-refractivity contribution in [1.82, 2.24) is 9.97 Å². The van der Waals surface area contributed by atoms with Crippen LogP contribution < -0.4 is 4.90 Å². The van der Waals surface area contributed by atoms with E-state index in [0.717, 1.165) is 24.0 Å². The summed E-state index contributed by atoms with van der Waals surface area (Å²) in [7, 11) is 0. The van der Waals surface area contributed by atoms with E-state index in [1.54, 1.807) is 6.92 Å². The molecule has 106 valence electrons. The minimum absolute atomic E-state index is 0.0525. The molecule has 0 atom stereocenters. The second-order valence-electron chi connectivity index (χ2n) is 4.89. The lowest BCUT2D eigenvalue weighted by molar-refractivity contribution is 0.0701. The predicted octanol–water partition coefficient (Wildman–Crippen LogP) is 1.66. The molecule has 1 saturated carbocycles. The van der Waals surface area contributed by atoms with Crippen LogP contribution in [0.4, 0.5) is 5.82 Å². The quantitative estimate of drug-likeness (QED) is 0.872. The van der Waals surface area contributed by atoms with E-state index in [9.17, 15) is 15.0 Å². The van der Waals surface area contributed by atoms with Crippen LogP contribution in [0.2, 0.25) is 0 Å². The average Bonchev–Trinajstić information content (AvgIpc) is 3.20. The van der Waals surface area contributed by atoms with Gasteiger partial charge >= 0.3 is 5.97 Å². The van der Waals surface area contributed by atoms with Crippen molar-refractivity contribution in [3.8, 4) is 0 Å². The number of aromatic carboxylic acids is 1. The summed E-state index contributed by atoms with van der Waals surface area (Å²) in [6.45, 7) is 2.35. The van der Waals surface area contributed by atoms with Crippen molar-refractivity contribution in [2.45, 2.75) is 25.8 Å². The Morgan fingerprint density at radius 1 is 1.50 bits per heavy atom. The molecule has 0 aromatic carbocycles. The molecule has 0 aliphatic heterocycles. The molecule has 0 amide bonds. The summed E-state index contributed by atoms with van der Waals surface area (Å²) in [4.78, 5) is 22.8. The van der Waals surface area contributed by atoms with E-state index in [1.807, 2.05) is 0 Å². The number of hydrogen-bond donors (Lipinski definition) is 2. The minimum atomic E-state index is -0.934. The maximum Gasteiger partial charge on any atom is 0.346 e. The second-order valence-corrected chi connectivity index (χ2v) is 5.89. The van der Waals surface area contributed by atoms with Crippen molar-refractivity contribution in [2.75, 3.05) is 18.1 Å². The third-order valence-corrected chi connectivity index (χ3v) is 4.69. The number of fused-ring (bicyclic) bond motifs is 1. The highest BCUT2D eigenvalue weighted by molar-refractivity contribution is 7.20. The molecule has 0 radical (unpaired) electrons. The second kappa shape index (κ2) is 4.99. The molecule has 2 heterocycles. The number of carboxylic acid groups (broad SMARTS) is 1. The standard InChI is InChI=1S/C13H15N3O3S/c1-7-9-11(16(4-5-17)8-2-3-8)14-6-15-12(9)20-10(7)13(18)19/h6,8,17H,2-5H2,1H3,(H,18,19). The Kier molecular flexibility index (Phi) is 3.31. The number of thiophene rings is 1. The summed E-state index contributed by atoms with van der Waals surface area (Å²) in [5.74, 6) is -0.190. The van der Waals surface area contributed by atoms with Gasteiger partial charge in [-0.15, -0.1) is 11.3 Å². The van der Waals surface area contributed by atoms with Gasteiger partial charge in [-0.2, -0.15) is 0 Å². The summed E-state index contributed by atoms with van der Waals surface area (Å²) < 4.78 is 0. The van der Waals surface area contributed by atoms with Crippen molar-refractivity contribution in [3.63, 3.8) is 0 Å². The first kappa shape index (κ1) is 13.3. The molecule has 2 N–H and O–H groups in total. The van der Waals surface area contributed by atoms with E-state index in [4.69, 9.17) is 0 Å². The van der Waals surface area contributed by atoms with Crippen LogP contribution in [-0.4, -0.2) is 45.3 Å². The maximum absolute atomic E-state index is 11.3. The van der Waals surface area contributed by atoms with Crippen LogP contribution >= 0.6 is 11.3 Å². The maximum atomic E-state index is 11.3. The van der Waals surface area contributed by atoms with Gasteiger partial charge in [0.2, 0.25) is 0 Å². The normalized spacial score (nSPS) is 14.7. The number of aromatic nitrogens is 2. The zero-order chi connectivity index (χ0) is 14.3. The van der Waals surface area contributed by atoms with Gasteiger partial charge in [0.1, 0.15) is 21.9 Å². The molecule has 1 fully saturated rings. The van der Waals surface area contributed by atoms with E-state index in [0.29, 0.717) is 27.9 Å². The Labute approximate surface area is 119 Å². The highest BCUT2D eigenvalue weighted by Gasteiger charge is 2.32. The first-order valence-electron chi connectivity index (χ1n) is 6.48. The van der Waals surface area contributed by atoms with Crippen LogP contribution in [0.1, 0.15) is 28.1 Å². The summed E-state index contributed by atoms with van der Waals surface area (Å²) in [5, 5.41) is 19.3. The van der Waals surface area contributed by atoms with Crippen LogP contribution in [0, 0.1) is 6.92 Å². The van der Waals surface area contributed by atoms with Crippen molar-refractivity contribution in [3.05, 3.63) is 16.8 Å². The number of hydrogen-bond acceptors (Lipinski definition) is 6. The Morgan fingerprint density at radius 3 is 2.85 bits per heavy atom. The van der Waals surface area contributed by atoms with Gasteiger partial charge in [0, 0.05) is 12.6 Å². The third-order valence-electron chi connectivity index (χ3n) is 3.50. The molecule has 0 spiro atoms. The molecular weight excluding hydrogens is 278 g/mol. The van der Waals surface area contributed by atoms with Crippen LogP contribution in [-0.2, 0) is 0 Å². The monoisotopic (exact) mass is 293 g/mol. The Balaban J connectivity index is 2.17. The molecule has 1 aliphatic rings.